The van der Waals surface area contributed by atoms with Gasteiger partial charge in [0.1, 0.15) is 11.7 Å². The molecule has 2 atom stereocenters. The van der Waals surface area contributed by atoms with E-state index in [2.05, 4.69) is 0 Å². The zero-order chi connectivity index (χ0) is 14.4. The second-order valence-electron chi connectivity index (χ2n) is 5.11. The smallest absolute Gasteiger partial charge is 0.154 e. The number of nitriles is 1. The monoisotopic (exact) mass is 275 g/mol. The molecule has 0 N–H and O–H groups in total. The van der Waals surface area contributed by atoms with Gasteiger partial charge in [-0.3, -0.25) is 4.79 Å². The number of carbonyl (C=O) groups excluding carboxylic acids is 1. The standard InChI is InChI=1S/C16H18FNO2/c17-13-6-4-12(5-7-13)15(11-18)16(19)9-8-14-3-1-2-10-20-14/h4-7,14-15H,1-3,8-10H2. The molecule has 2 rings (SSSR count). The first-order valence-corrected chi connectivity index (χ1v) is 7.00. The quantitative estimate of drug-likeness (QED) is 0.828. The zero-order valence-electron chi connectivity index (χ0n) is 11.3. The highest BCUT2D eigenvalue weighted by molar-refractivity contribution is 5.88. The van der Waals surface area contributed by atoms with E-state index in [1.165, 1.54) is 24.3 Å². The van der Waals surface area contributed by atoms with Gasteiger partial charge in [0.05, 0.1) is 12.2 Å². The lowest BCUT2D eigenvalue weighted by Crippen LogP contribution is -2.21. The van der Waals surface area contributed by atoms with Crippen molar-refractivity contribution in [3.05, 3.63) is 35.6 Å². The number of carbonyl (C=O) groups is 1. The molecule has 1 heterocycles. The minimum absolute atomic E-state index is 0.117. The van der Waals surface area contributed by atoms with Gasteiger partial charge in [-0.15, -0.1) is 0 Å². The maximum absolute atomic E-state index is 12.9. The van der Waals surface area contributed by atoms with Gasteiger partial charge in [-0.05, 0) is 43.4 Å². The Hall–Kier alpha value is -1.73. The number of nitrogens with zero attached hydrogens (tertiary/aromatic N) is 1. The van der Waals surface area contributed by atoms with Gasteiger partial charge in [-0.1, -0.05) is 12.1 Å². The number of Topliss-reactive ketones (excluding diaryl/α,β-unsaturated/α-hetero) is 1. The number of hydrogen-bond donors (Lipinski definition) is 0. The third kappa shape index (κ3) is 3.88. The molecule has 0 aromatic heterocycles. The van der Waals surface area contributed by atoms with Gasteiger partial charge in [0.2, 0.25) is 0 Å². The fraction of sp³-hybridized carbons (Fsp3) is 0.500. The number of rotatable bonds is 5. The first kappa shape index (κ1) is 14.7. The van der Waals surface area contributed by atoms with Gasteiger partial charge < -0.3 is 4.74 Å². The van der Waals surface area contributed by atoms with Crippen molar-refractivity contribution in [3.8, 4) is 6.07 Å². The number of ketones is 1. The summed E-state index contributed by atoms with van der Waals surface area (Å²) in [7, 11) is 0. The molecule has 20 heavy (non-hydrogen) atoms. The number of benzene rings is 1. The van der Waals surface area contributed by atoms with Crippen molar-refractivity contribution in [3.63, 3.8) is 0 Å². The van der Waals surface area contributed by atoms with Crippen LogP contribution in [-0.2, 0) is 9.53 Å². The Kier molecular flexibility index (Phi) is 5.25. The van der Waals surface area contributed by atoms with Crippen molar-refractivity contribution in [1.82, 2.24) is 0 Å². The van der Waals surface area contributed by atoms with Crippen molar-refractivity contribution in [2.45, 2.75) is 44.1 Å². The van der Waals surface area contributed by atoms with Crippen LogP contribution in [0.4, 0.5) is 4.39 Å². The van der Waals surface area contributed by atoms with Crippen LogP contribution in [0.2, 0.25) is 0 Å². The third-order valence-corrected chi connectivity index (χ3v) is 3.64. The number of hydrogen-bond acceptors (Lipinski definition) is 3. The molecule has 106 valence electrons. The highest BCUT2D eigenvalue weighted by Gasteiger charge is 2.22. The molecule has 0 aliphatic carbocycles. The van der Waals surface area contributed by atoms with Crippen molar-refractivity contribution in [2.75, 3.05) is 6.61 Å². The van der Waals surface area contributed by atoms with Crippen LogP contribution in [0.5, 0.6) is 0 Å². The second-order valence-corrected chi connectivity index (χ2v) is 5.11. The Morgan fingerprint density at radius 1 is 1.40 bits per heavy atom. The average molecular weight is 275 g/mol. The molecule has 3 nitrogen and oxygen atoms in total. The van der Waals surface area contributed by atoms with E-state index in [0.29, 0.717) is 18.4 Å². The van der Waals surface area contributed by atoms with E-state index in [0.717, 1.165) is 25.9 Å². The lowest BCUT2D eigenvalue weighted by atomic mass is 9.92. The Bertz CT molecular complexity index is 486. The van der Waals surface area contributed by atoms with Crippen LogP contribution < -0.4 is 0 Å². The summed E-state index contributed by atoms with van der Waals surface area (Å²) in [5.74, 6) is -1.29. The maximum Gasteiger partial charge on any atom is 0.154 e. The van der Waals surface area contributed by atoms with Crippen LogP contribution in [0.1, 0.15) is 43.6 Å². The van der Waals surface area contributed by atoms with E-state index in [4.69, 9.17) is 10.00 Å². The first-order valence-electron chi connectivity index (χ1n) is 7.00. The van der Waals surface area contributed by atoms with Gasteiger partial charge in [0.15, 0.2) is 5.78 Å². The molecule has 1 fully saturated rings. The topological polar surface area (TPSA) is 50.1 Å². The molecule has 1 aromatic carbocycles. The molecule has 2 unspecified atom stereocenters. The van der Waals surface area contributed by atoms with Gasteiger partial charge in [0.25, 0.3) is 0 Å². The zero-order valence-corrected chi connectivity index (χ0v) is 11.3. The van der Waals surface area contributed by atoms with E-state index < -0.39 is 5.92 Å². The van der Waals surface area contributed by atoms with E-state index in [9.17, 15) is 9.18 Å². The largest absolute Gasteiger partial charge is 0.378 e. The fourth-order valence-electron chi connectivity index (χ4n) is 2.47. The summed E-state index contributed by atoms with van der Waals surface area (Å²) in [5.41, 5.74) is 0.559. The highest BCUT2D eigenvalue weighted by Crippen LogP contribution is 2.22. The van der Waals surface area contributed by atoms with Crippen LogP contribution in [0, 0.1) is 17.1 Å². The summed E-state index contributed by atoms with van der Waals surface area (Å²) in [5, 5.41) is 9.16. The average Bonchev–Trinajstić information content (AvgIpc) is 2.49. The Morgan fingerprint density at radius 2 is 2.15 bits per heavy atom. The normalized spacial score (nSPS) is 20.1. The molecule has 0 radical (unpaired) electrons. The van der Waals surface area contributed by atoms with Crippen LogP contribution in [-0.4, -0.2) is 18.5 Å². The Balaban J connectivity index is 1.92. The Morgan fingerprint density at radius 3 is 2.75 bits per heavy atom. The van der Waals surface area contributed by atoms with Crippen LogP contribution >= 0.6 is 0 Å². The van der Waals surface area contributed by atoms with E-state index in [1.807, 2.05) is 6.07 Å². The van der Waals surface area contributed by atoms with Gasteiger partial charge in [0, 0.05) is 13.0 Å². The van der Waals surface area contributed by atoms with E-state index >= 15 is 0 Å². The fourth-order valence-corrected chi connectivity index (χ4v) is 2.47. The molecule has 1 aliphatic rings. The minimum Gasteiger partial charge on any atom is -0.378 e. The lowest BCUT2D eigenvalue weighted by molar-refractivity contribution is -0.120. The van der Waals surface area contributed by atoms with Gasteiger partial charge in [-0.25, -0.2) is 4.39 Å². The summed E-state index contributed by atoms with van der Waals surface area (Å²) in [6, 6.07) is 7.56. The molecular weight excluding hydrogens is 257 g/mol. The van der Waals surface area contributed by atoms with E-state index in [1.54, 1.807) is 0 Å². The highest BCUT2D eigenvalue weighted by atomic mass is 19.1. The van der Waals surface area contributed by atoms with Crippen molar-refractivity contribution < 1.29 is 13.9 Å². The molecule has 1 aromatic rings. The lowest BCUT2D eigenvalue weighted by Gasteiger charge is -2.22. The molecule has 0 amide bonds. The minimum atomic E-state index is -0.806. The summed E-state index contributed by atoms with van der Waals surface area (Å²) in [4.78, 5) is 12.1. The van der Waals surface area contributed by atoms with Crippen molar-refractivity contribution >= 4 is 5.78 Å². The Labute approximate surface area is 118 Å². The second kappa shape index (κ2) is 7.16. The molecule has 4 heteroatoms. The third-order valence-electron chi connectivity index (χ3n) is 3.64. The summed E-state index contributed by atoms with van der Waals surface area (Å²) in [6.45, 7) is 0.762. The van der Waals surface area contributed by atoms with E-state index in [-0.39, 0.29) is 17.7 Å². The number of ether oxygens (including phenoxy) is 1. The molecule has 1 saturated heterocycles. The van der Waals surface area contributed by atoms with Crippen LogP contribution in [0.25, 0.3) is 0 Å². The predicted octanol–water partition coefficient (Wildman–Crippen LogP) is 3.35. The first-order chi connectivity index (χ1) is 9.70. The number of halogens is 1. The maximum atomic E-state index is 12.9. The van der Waals surface area contributed by atoms with Crippen molar-refractivity contribution in [2.24, 2.45) is 0 Å². The molecule has 0 spiro atoms. The van der Waals surface area contributed by atoms with Gasteiger partial charge >= 0.3 is 0 Å². The molecule has 1 aliphatic heterocycles. The van der Waals surface area contributed by atoms with Gasteiger partial charge in [-0.2, -0.15) is 5.26 Å². The van der Waals surface area contributed by atoms with Crippen LogP contribution in [0.15, 0.2) is 24.3 Å². The summed E-state index contributed by atoms with van der Waals surface area (Å²) < 4.78 is 18.4. The van der Waals surface area contributed by atoms with Crippen LogP contribution in [0.3, 0.4) is 0 Å². The van der Waals surface area contributed by atoms with Crippen molar-refractivity contribution in [1.29, 1.82) is 5.26 Å². The SMILES string of the molecule is N#CC(C(=O)CCC1CCCCO1)c1ccc(F)cc1. The summed E-state index contributed by atoms with van der Waals surface area (Å²) >= 11 is 0. The molecule has 0 saturated carbocycles. The predicted molar refractivity (Wildman–Crippen MR) is 72.6 cm³/mol. The molecule has 0 bridgehead atoms. The molecular formula is C16H18FNO2. The summed E-state index contributed by atoms with van der Waals surface area (Å²) in [6.07, 6.45) is 4.35.